The molecule has 20 heavy (non-hydrogen) atoms. The van der Waals surface area contributed by atoms with Gasteiger partial charge >= 0.3 is 0 Å². The van der Waals surface area contributed by atoms with Gasteiger partial charge < -0.3 is 5.32 Å². The number of rotatable bonds is 8. The molecule has 114 valence electrons. The van der Waals surface area contributed by atoms with Crippen LogP contribution < -0.4 is 10.0 Å². The standard InChI is InChI=1S/C15H26N2O2S/c1-5-14(16-6-2)11-13-7-9-15(10-8-13)20(18,19)17-12(3)4/h7-10,12,14,16-17H,5-6,11H2,1-4H3. The molecular formula is C15H26N2O2S. The fraction of sp³-hybridized carbons (Fsp3) is 0.600. The minimum Gasteiger partial charge on any atom is -0.314 e. The van der Waals surface area contributed by atoms with E-state index in [-0.39, 0.29) is 6.04 Å². The molecule has 0 aliphatic carbocycles. The Bertz CT molecular complexity index is 495. The highest BCUT2D eigenvalue weighted by atomic mass is 32.2. The first-order valence-corrected chi connectivity index (χ1v) is 8.72. The summed E-state index contributed by atoms with van der Waals surface area (Å²) in [6, 6.07) is 7.50. The summed E-state index contributed by atoms with van der Waals surface area (Å²) in [7, 11) is -3.39. The number of hydrogen-bond donors (Lipinski definition) is 2. The van der Waals surface area contributed by atoms with Gasteiger partial charge in [-0.25, -0.2) is 13.1 Å². The second kappa shape index (κ2) is 7.76. The van der Waals surface area contributed by atoms with Crippen LogP contribution in [0.15, 0.2) is 29.2 Å². The molecule has 0 spiro atoms. The van der Waals surface area contributed by atoms with Crippen LogP contribution in [-0.2, 0) is 16.4 Å². The summed E-state index contributed by atoms with van der Waals surface area (Å²) >= 11 is 0. The number of sulfonamides is 1. The summed E-state index contributed by atoms with van der Waals surface area (Å²) in [6.45, 7) is 8.82. The van der Waals surface area contributed by atoms with E-state index in [1.165, 1.54) is 0 Å². The molecule has 1 rings (SSSR count). The van der Waals surface area contributed by atoms with Gasteiger partial charge in [0.05, 0.1) is 4.90 Å². The van der Waals surface area contributed by atoms with Crippen molar-refractivity contribution in [1.29, 1.82) is 0 Å². The Morgan fingerprint density at radius 2 is 1.70 bits per heavy atom. The largest absolute Gasteiger partial charge is 0.314 e. The van der Waals surface area contributed by atoms with Gasteiger partial charge in [0.1, 0.15) is 0 Å². The van der Waals surface area contributed by atoms with Crippen LogP contribution in [0, 0.1) is 0 Å². The van der Waals surface area contributed by atoms with Crippen LogP contribution in [0.25, 0.3) is 0 Å². The molecule has 0 aliphatic rings. The molecule has 1 atom stereocenters. The van der Waals surface area contributed by atoms with Crippen molar-refractivity contribution in [1.82, 2.24) is 10.0 Å². The Hall–Kier alpha value is -0.910. The summed E-state index contributed by atoms with van der Waals surface area (Å²) in [6.07, 6.45) is 1.98. The van der Waals surface area contributed by atoms with E-state index in [0.29, 0.717) is 10.9 Å². The minimum atomic E-state index is -3.39. The Morgan fingerprint density at radius 1 is 1.10 bits per heavy atom. The summed E-state index contributed by atoms with van der Waals surface area (Å²) in [5, 5.41) is 3.42. The maximum atomic E-state index is 12.0. The van der Waals surface area contributed by atoms with Crippen molar-refractivity contribution in [3.05, 3.63) is 29.8 Å². The zero-order valence-electron chi connectivity index (χ0n) is 12.8. The van der Waals surface area contributed by atoms with Crippen molar-refractivity contribution in [2.24, 2.45) is 0 Å². The molecule has 1 unspecified atom stereocenters. The first-order valence-electron chi connectivity index (χ1n) is 7.23. The normalized spacial score (nSPS) is 13.7. The van der Waals surface area contributed by atoms with E-state index in [9.17, 15) is 8.42 Å². The Morgan fingerprint density at radius 3 is 2.15 bits per heavy atom. The van der Waals surface area contributed by atoms with Crippen LogP contribution >= 0.6 is 0 Å². The molecule has 1 aromatic rings. The van der Waals surface area contributed by atoms with Crippen molar-refractivity contribution in [3.63, 3.8) is 0 Å². The number of benzene rings is 1. The maximum Gasteiger partial charge on any atom is 0.240 e. The number of hydrogen-bond acceptors (Lipinski definition) is 3. The van der Waals surface area contributed by atoms with Gasteiger partial charge in [0.25, 0.3) is 0 Å². The molecule has 0 aliphatic heterocycles. The molecular weight excluding hydrogens is 272 g/mol. The van der Waals surface area contributed by atoms with Gasteiger partial charge in [-0.1, -0.05) is 26.0 Å². The molecule has 0 saturated carbocycles. The van der Waals surface area contributed by atoms with E-state index in [1.54, 1.807) is 12.1 Å². The van der Waals surface area contributed by atoms with Crippen molar-refractivity contribution >= 4 is 10.0 Å². The average molecular weight is 298 g/mol. The smallest absolute Gasteiger partial charge is 0.240 e. The predicted octanol–water partition coefficient (Wildman–Crippen LogP) is 2.30. The zero-order valence-corrected chi connectivity index (χ0v) is 13.6. The Kier molecular flexibility index (Phi) is 6.65. The Labute approximate surface area is 123 Å². The molecule has 0 radical (unpaired) electrons. The highest BCUT2D eigenvalue weighted by Gasteiger charge is 2.15. The summed E-state index contributed by atoms with van der Waals surface area (Å²) < 4.78 is 26.6. The van der Waals surface area contributed by atoms with E-state index in [0.717, 1.165) is 24.9 Å². The van der Waals surface area contributed by atoms with Crippen LogP contribution in [0.3, 0.4) is 0 Å². The van der Waals surface area contributed by atoms with Crippen LogP contribution in [0.2, 0.25) is 0 Å². The van der Waals surface area contributed by atoms with E-state index < -0.39 is 10.0 Å². The second-order valence-corrected chi connectivity index (χ2v) is 7.00. The van der Waals surface area contributed by atoms with Crippen molar-refractivity contribution in [3.8, 4) is 0 Å². The van der Waals surface area contributed by atoms with Gasteiger partial charge in [-0.3, -0.25) is 0 Å². The van der Waals surface area contributed by atoms with Gasteiger partial charge in [0, 0.05) is 12.1 Å². The first-order chi connectivity index (χ1) is 9.39. The van der Waals surface area contributed by atoms with Crippen LogP contribution in [0.5, 0.6) is 0 Å². The van der Waals surface area contributed by atoms with Gasteiger partial charge in [-0.15, -0.1) is 0 Å². The predicted molar refractivity (Wildman–Crippen MR) is 83.4 cm³/mol. The summed E-state index contributed by atoms with van der Waals surface area (Å²) in [5.74, 6) is 0. The van der Waals surface area contributed by atoms with Gasteiger partial charge in [0.15, 0.2) is 0 Å². The topological polar surface area (TPSA) is 58.2 Å². The summed E-state index contributed by atoms with van der Waals surface area (Å²) in [5.41, 5.74) is 1.15. The fourth-order valence-corrected chi connectivity index (χ4v) is 3.37. The third kappa shape index (κ3) is 5.23. The Balaban J connectivity index is 2.78. The minimum absolute atomic E-state index is 0.0992. The molecule has 0 heterocycles. The zero-order chi connectivity index (χ0) is 15.2. The van der Waals surface area contributed by atoms with E-state index >= 15 is 0 Å². The SMILES string of the molecule is CCNC(CC)Cc1ccc(S(=O)(=O)NC(C)C)cc1. The van der Waals surface area contributed by atoms with Crippen LogP contribution in [0.1, 0.15) is 39.7 Å². The molecule has 0 aromatic heterocycles. The monoisotopic (exact) mass is 298 g/mol. The molecule has 0 amide bonds. The van der Waals surface area contributed by atoms with Crippen molar-refractivity contribution in [2.75, 3.05) is 6.54 Å². The quantitative estimate of drug-likeness (QED) is 0.774. The lowest BCUT2D eigenvalue weighted by Crippen LogP contribution is -2.31. The number of nitrogens with one attached hydrogen (secondary N) is 2. The average Bonchev–Trinajstić information content (AvgIpc) is 2.37. The molecule has 1 aromatic carbocycles. The third-order valence-corrected chi connectivity index (χ3v) is 4.77. The molecule has 4 nitrogen and oxygen atoms in total. The lowest BCUT2D eigenvalue weighted by atomic mass is 10.0. The van der Waals surface area contributed by atoms with Gasteiger partial charge in [-0.2, -0.15) is 0 Å². The highest BCUT2D eigenvalue weighted by molar-refractivity contribution is 7.89. The highest BCUT2D eigenvalue weighted by Crippen LogP contribution is 2.13. The molecule has 0 saturated heterocycles. The van der Waals surface area contributed by atoms with Gasteiger partial charge in [0.2, 0.25) is 10.0 Å². The molecule has 5 heteroatoms. The lowest BCUT2D eigenvalue weighted by molar-refractivity contribution is 0.510. The summed E-state index contributed by atoms with van der Waals surface area (Å²) in [4.78, 5) is 0.325. The number of likely N-dealkylation sites (N-methyl/N-ethyl adjacent to an activating group) is 1. The van der Waals surface area contributed by atoms with Crippen molar-refractivity contribution < 1.29 is 8.42 Å². The van der Waals surface area contributed by atoms with E-state index in [2.05, 4.69) is 23.9 Å². The van der Waals surface area contributed by atoms with E-state index in [1.807, 2.05) is 26.0 Å². The molecule has 0 bridgehead atoms. The van der Waals surface area contributed by atoms with Gasteiger partial charge in [-0.05, 0) is 50.9 Å². The third-order valence-electron chi connectivity index (χ3n) is 3.09. The maximum absolute atomic E-state index is 12.0. The van der Waals surface area contributed by atoms with E-state index in [4.69, 9.17) is 0 Å². The van der Waals surface area contributed by atoms with Crippen molar-refractivity contribution in [2.45, 2.75) is 57.5 Å². The van der Waals surface area contributed by atoms with Crippen LogP contribution in [0.4, 0.5) is 0 Å². The first kappa shape index (κ1) is 17.1. The molecule has 2 N–H and O–H groups in total. The van der Waals surface area contributed by atoms with Crippen LogP contribution in [-0.4, -0.2) is 27.0 Å². The second-order valence-electron chi connectivity index (χ2n) is 5.29. The molecule has 0 fully saturated rings. The fourth-order valence-electron chi connectivity index (χ4n) is 2.12. The lowest BCUT2D eigenvalue weighted by Gasteiger charge is -2.16.